The number of hydrogen-bond acceptors (Lipinski definition) is 3. The third-order valence-electron chi connectivity index (χ3n) is 6.61. The molecule has 2 fully saturated rings. The highest BCUT2D eigenvalue weighted by Crippen LogP contribution is 2.39. The Balaban J connectivity index is 1.60. The van der Waals surface area contributed by atoms with Gasteiger partial charge < -0.3 is 15.4 Å². The number of urea groups is 1. The van der Waals surface area contributed by atoms with E-state index in [1.54, 1.807) is 0 Å². The molecule has 2 amide bonds. The van der Waals surface area contributed by atoms with Crippen LogP contribution in [0.25, 0.3) is 0 Å². The highest BCUT2D eigenvalue weighted by Gasteiger charge is 2.44. The number of benzene rings is 2. The van der Waals surface area contributed by atoms with Gasteiger partial charge in [0.2, 0.25) is 0 Å². The van der Waals surface area contributed by atoms with E-state index in [1.807, 2.05) is 30.3 Å². The normalized spacial score (nSPS) is 25.9. The van der Waals surface area contributed by atoms with Gasteiger partial charge in [-0.15, -0.1) is 0 Å². The first-order chi connectivity index (χ1) is 16.4. The van der Waals surface area contributed by atoms with Crippen molar-refractivity contribution < 1.29 is 35.9 Å². The van der Waals surface area contributed by atoms with E-state index in [0.29, 0.717) is 31.5 Å². The highest BCUT2D eigenvalue weighted by molar-refractivity contribution is 5.75. The molecule has 2 aromatic carbocycles. The van der Waals surface area contributed by atoms with Crippen LogP contribution >= 0.6 is 0 Å². The molecule has 4 rings (SSSR count). The number of carbonyl (C=O) groups excluding carboxylic acids is 1. The van der Waals surface area contributed by atoms with Gasteiger partial charge in [0.15, 0.2) is 0 Å². The zero-order valence-electron chi connectivity index (χ0n) is 18.8. The van der Waals surface area contributed by atoms with E-state index in [-0.39, 0.29) is 36.4 Å². The predicted octanol–water partition coefficient (Wildman–Crippen LogP) is 5.13. The minimum atomic E-state index is -4.93. The molecule has 0 saturated carbocycles. The summed E-state index contributed by atoms with van der Waals surface area (Å²) in [4.78, 5) is 11.7. The van der Waals surface area contributed by atoms with Crippen LogP contribution in [0, 0.1) is 0 Å². The molecule has 2 heterocycles. The monoisotopic (exact) mass is 501 g/mol. The molecule has 35 heavy (non-hydrogen) atoms. The van der Waals surface area contributed by atoms with Crippen LogP contribution in [0.3, 0.4) is 0 Å². The lowest BCUT2D eigenvalue weighted by atomic mass is 9.78. The van der Waals surface area contributed by atoms with Gasteiger partial charge in [0, 0.05) is 18.6 Å². The molecule has 0 aliphatic carbocycles. The SMILES string of the molecule is C[C@@H](OC[C@@]1(c2ccccc2)CCC2NC(=O)NCC2N1)c1cc(C(F)(F)F)cc(C(F)(F)F)c1. The van der Waals surface area contributed by atoms with Gasteiger partial charge in [0.25, 0.3) is 0 Å². The van der Waals surface area contributed by atoms with Crippen LogP contribution in [0.4, 0.5) is 31.1 Å². The molecule has 2 aliphatic rings. The fourth-order valence-electron chi connectivity index (χ4n) is 4.68. The average molecular weight is 501 g/mol. The molecular weight excluding hydrogens is 476 g/mol. The van der Waals surface area contributed by atoms with E-state index in [4.69, 9.17) is 4.74 Å². The van der Waals surface area contributed by atoms with E-state index in [9.17, 15) is 31.1 Å². The van der Waals surface area contributed by atoms with Gasteiger partial charge in [-0.3, -0.25) is 5.32 Å². The quantitative estimate of drug-likeness (QED) is 0.498. The molecule has 190 valence electrons. The van der Waals surface area contributed by atoms with E-state index in [1.165, 1.54) is 6.92 Å². The first-order valence-corrected chi connectivity index (χ1v) is 11.2. The molecule has 5 nitrogen and oxygen atoms in total. The maximum atomic E-state index is 13.3. The van der Waals surface area contributed by atoms with Gasteiger partial charge in [0.05, 0.1) is 29.4 Å². The highest BCUT2D eigenvalue weighted by atomic mass is 19.4. The van der Waals surface area contributed by atoms with Crippen LogP contribution in [0.1, 0.15) is 48.1 Å². The molecule has 4 atom stereocenters. The number of ether oxygens (including phenoxy) is 1. The Hall–Kier alpha value is -2.79. The predicted molar refractivity (Wildman–Crippen MR) is 115 cm³/mol. The summed E-state index contributed by atoms with van der Waals surface area (Å²) in [7, 11) is 0. The Morgan fingerprint density at radius 1 is 1.00 bits per heavy atom. The number of piperidine rings is 1. The van der Waals surface area contributed by atoms with Crippen molar-refractivity contribution in [3.63, 3.8) is 0 Å². The minimum Gasteiger partial charge on any atom is -0.372 e. The molecule has 0 bridgehead atoms. The average Bonchev–Trinajstić information content (AvgIpc) is 2.81. The van der Waals surface area contributed by atoms with Gasteiger partial charge in [-0.1, -0.05) is 30.3 Å². The van der Waals surface area contributed by atoms with Crippen LogP contribution in [-0.2, 0) is 22.6 Å². The van der Waals surface area contributed by atoms with Gasteiger partial charge in [0.1, 0.15) is 0 Å². The Kier molecular flexibility index (Phi) is 6.76. The summed E-state index contributed by atoms with van der Waals surface area (Å²) in [6, 6.07) is 10.3. The molecule has 0 radical (unpaired) electrons. The van der Waals surface area contributed by atoms with E-state index in [0.717, 1.165) is 5.56 Å². The number of hydrogen-bond donors (Lipinski definition) is 3. The van der Waals surface area contributed by atoms with E-state index in [2.05, 4.69) is 16.0 Å². The summed E-state index contributed by atoms with van der Waals surface area (Å²) >= 11 is 0. The molecule has 0 spiro atoms. The summed E-state index contributed by atoms with van der Waals surface area (Å²) in [6.45, 7) is 1.82. The molecule has 3 N–H and O–H groups in total. The van der Waals surface area contributed by atoms with E-state index >= 15 is 0 Å². The van der Waals surface area contributed by atoms with Gasteiger partial charge in [-0.05, 0) is 49.1 Å². The first kappa shape index (κ1) is 25.3. The molecule has 2 saturated heterocycles. The van der Waals surface area contributed by atoms with Crippen LogP contribution < -0.4 is 16.0 Å². The summed E-state index contributed by atoms with van der Waals surface area (Å²) in [5, 5.41) is 9.13. The van der Waals surface area contributed by atoms with Crippen molar-refractivity contribution in [3.8, 4) is 0 Å². The third-order valence-corrected chi connectivity index (χ3v) is 6.61. The van der Waals surface area contributed by atoms with Crippen molar-refractivity contribution in [3.05, 3.63) is 70.8 Å². The molecule has 11 heteroatoms. The molecule has 2 aliphatic heterocycles. The lowest BCUT2D eigenvalue weighted by Gasteiger charge is -2.48. The van der Waals surface area contributed by atoms with Gasteiger partial charge >= 0.3 is 18.4 Å². The number of halogens is 6. The second-order valence-corrected chi connectivity index (χ2v) is 8.99. The fraction of sp³-hybridized carbons (Fsp3) is 0.458. The number of nitrogens with one attached hydrogen (secondary N) is 3. The van der Waals surface area contributed by atoms with Gasteiger partial charge in [-0.25, -0.2) is 4.79 Å². The number of carbonyl (C=O) groups is 1. The second kappa shape index (κ2) is 9.34. The number of alkyl halides is 6. The molecule has 2 unspecified atom stereocenters. The zero-order valence-corrected chi connectivity index (χ0v) is 18.8. The van der Waals surface area contributed by atoms with Crippen molar-refractivity contribution in [2.45, 2.75) is 55.8 Å². The lowest BCUT2D eigenvalue weighted by molar-refractivity contribution is -0.143. The van der Waals surface area contributed by atoms with Crippen LogP contribution in [0.2, 0.25) is 0 Å². The molecule has 2 aromatic rings. The number of amides is 2. The minimum absolute atomic E-state index is 0.00689. The van der Waals surface area contributed by atoms with Crippen LogP contribution in [0.5, 0.6) is 0 Å². The Morgan fingerprint density at radius 3 is 2.23 bits per heavy atom. The second-order valence-electron chi connectivity index (χ2n) is 8.99. The standard InChI is InChI=1S/C24H25F6N3O2/c1-14(15-9-17(23(25,26)27)11-18(10-15)24(28,29)30)35-13-22(16-5-3-2-4-6-16)8-7-19-20(33-22)12-31-21(34)32-19/h2-6,9-11,14,19-20,33H,7-8,12-13H2,1H3,(H2,31,32,34)/t14-,19?,20?,22-/m1/s1. The van der Waals surface area contributed by atoms with Crippen molar-refractivity contribution in [1.29, 1.82) is 0 Å². The van der Waals surface area contributed by atoms with Crippen molar-refractivity contribution in [2.75, 3.05) is 13.2 Å². The van der Waals surface area contributed by atoms with Crippen LogP contribution in [0.15, 0.2) is 48.5 Å². The van der Waals surface area contributed by atoms with Crippen LogP contribution in [-0.4, -0.2) is 31.3 Å². The largest absolute Gasteiger partial charge is 0.416 e. The topological polar surface area (TPSA) is 62.4 Å². The summed E-state index contributed by atoms with van der Waals surface area (Å²) < 4.78 is 85.7. The smallest absolute Gasteiger partial charge is 0.372 e. The van der Waals surface area contributed by atoms with Crippen molar-refractivity contribution in [1.82, 2.24) is 16.0 Å². The zero-order chi connectivity index (χ0) is 25.4. The first-order valence-electron chi connectivity index (χ1n) is 11.2. The summed E-state index contributed by atoms with van der Waals surface area (Å²) in [6.07, 6.45) is -9.73. The van der Waals surface area contributed by atoms with Crippen molar-refractivity contribution >= 4 is 6.03 Å². The molecular formula is C24H25F6N3O2. The maximum absolute atomic E-state index is 13.3. The Bertz CT molecular complexity index is 1030. The Labute approximate surface area is 198 Å². The Morgan fingerprint density at radius 2 is 1.63 bits per heavy atom. The van der Waals surface area contributed by atoms with E-state index < -0.39 is 35.1 Å². The third kappa shape index (κ3) is 5.56. The summed E-state index contributed by atoms with van der Waals surface area (Å²) in [5.74, 6) is 0. The fourth-order valence-corrected chi connectivity index (χ4v) is 4.68. The number of rotatable bonds is 5. The maximum Gasteiger partial charge on any atom is 0.416 e. The van der Waals surface area contributed by atoms with Gasteiger partial charge in [-0.2, -0.15) is 26.3 Å². The van der Waals surface area contributed by atoms with Crippen molar-refractivity contribution in [2.24, 2.45) is 0 Å². The summed E-state index contributed by atoms with van der Waals surface area (Å²) in [5.41, 5.74) is -2.83. The molecule has 0 aromatic heterocycles. The number of fused-ring (bicyclic) bond motifs is 1. The lowest BCUT2D eigenvalue weighted by Crippen LogP contribution is -2.69.